The van der Waals surface area contributed by atoms with Crippen LogP contribution in [-0.2, 0) is 3.83 Å². The first-order valence-corrected chi connectivity index (χ1v) is 5.26. The van der Waals surface area contributed by atoms with Crippen LogP contribution in [0.5, 0.6) is 0 Å². The molecule has 8 heteroatoms. The predicted molar refractivity (Wildman–Crippen MR) is 53.8 cm³/mol. The molecule has 0 radical (unpaired) electrons. The summed E-state index contributed by atoms with van der Waals surface area (Å²) in [5, 5.41) is 44.3. The lowest BCUT2D eigenvalue weighted by Gasteiger charge is -2.27. The Bertz CT molecular complexity index is 143. The van der Waals surface area contributed by atoms with Crippen LogP contribution in [0.25, 0.3) is 0 Å². The van der Waals surface area contributed by atoms with E-state index in [2.05, 4.69) is 36.0 Å². The van der Waals surface area contributed by atoms with Crippen molar-refractivity contribution in [2.45, 2.75) is 29.4 Å². The van der Waals surface area contributed by atoms with Crippen LogP contribution in [0.15, 0.2) is 0 Å². The average molecular weight is 340 g/mol. The van der Waals surface area contributed by atoms with Gasteiger partial charge in [-0.15, -0.1) is 0 Å². The molecule has 0 bridgehead atoms. The molecule has 5 atom stereocenters. The van der Waals surface area contributed by atoms with E-state index in [-0.39, 0.29) is 0 Å². The van der Waals surface area contributed by atoms with Gasteiger partial charge in [0.25, 0.3) is 0 Å². The molecule has 0 aromatic heterocycles. The molecular weight excluding hydrogens is 328 g/mol. The van der Waals surface area contributed by atoms with E-state index >= 15 is 0 Å². The van der Waals surface area contributed by atoms with Crippen molar-refractivity contribution in [1.82, 2.24) is 0 Å². The minimum atomic E-state index is -1.65. The number of hydrogen-bond acceptors (Lipinski definition) is 6. The molecule has 86 valence electrons. The van der Waals surface area contributed by atoms with Gasteiger partial charge in [-0.1, -0.05) is 15.9 Å². The standard InChI is InChI=1S/C6H12Br2O6/c7-6(14-8)5(13)4(12)3(11)2(10)1-9/h2-6,9-13H,1H2. The third-order valence-corrected chi connectivity index (χ3v) is 3.27. The number of aliphatic hydroxyl groups excluding tert-OH is 5. The number of alkyl halides is 1. The molecule has 14 heavy (non-hydrogen) atoms. The summed E-state index contributed by atoms with van der Waals surface area (Å²) >= 11 is 5.42. The summed E-state index contributed by atoms with van der Waals surface area (Å²) in [6.07, 6.45) is -6.27. The van der Waals surface area contributed by atoms with E-state index in [4.69, 9.17) is 10.2 Å². The topological polar surface area (TPSA) is 110 Å². The summed E-state index contributed by atoms with van der Waals surface area (Å²) < 4.78 is 4.46. The van der Waals surface area contributed by atoms with E-state index in [9.17, 15) is 15.3 Å². The Kier molecular flexibility index (Phi) is 7.43. The van der Waals surface area contributed by atoms with Gasteiger partial charge in [0, 0.05) is 0 Å². The molecule has 0 rings (SSSR count). The van der Waals surface area contributed by atoms with Crippen molar-refractivity contribution in [2.75, 3.05) is 6.61 Å². The highest BCUT2D eigenvalue weighted by Crippen LogP contribution is 2.16. The molecular formula is C6H12Br2O6. The Morgan fingerprint density at radius 3 is 1.86 bits per heavy atom. The maximum absolute atomic E-state index is 9.30. The molecule has 0 aliphatic carbocycles. The Labute approximate surface area is 97.7 Å². The van der Waals surface area contributed by atoms with Gasteiger partial charge in [-0.05, 0) is 0 Å². The maximum Gasteiger partial charge on any atom is 0.155 e. The molecule has 0 amide bonds. The molecule has 0 spiro atoms. The zero-order chi connectivity index (χ0) is 11.3. The van der Waals surface area contributed by atoms with Crippen LogP contribution in [0.3, 0.4) is 0 Å². The Hall–Kier alpha value is 0.720. The van der Waals surface area contributed by atoms with Crippen molar-refractivity contribution in [1.29, 1.82) is 0 Å². The molecule has 0 aliphatic heterocycles. The van der Waals surface area contributed by atoms with Crippen LogP contribution in [0.4, 0.5) is 0 Å². The lowest BCUT2D eigenvalue weighted by atomic mass is 10.0. The van der Waals surface area contributed by atoms with E-state index < -0.39 is 36.0 Å². The summed E-state index contributed by atoms with van der Waals surface area (Å²) in [4.78, 5) is 0. The largest absolute Gasteiger partial charge is 0.394 e. The van der Waals surface area contributed by atoms with Crippen LogP contribution in [-0.4, -0.2) is 61.6 Å². The van der Waals surface area contributed by atoms with Crippen molar-refractivity contribution < 1.29 is 29.4 Å². The van der Waals surface area contributed by atoms with Gasteiger partial charge in [0.1, 0.15) is 40.7 Å². The second kappa shape index (κ2) is 7.07. The van der Waals surface area contributed by atoms with Crippen molar-refractivity contribution >= 4 is 32.2 Å². The molecule has 0 heterocycles. The van der Waals surface area contributed by atoms with Crippen LogP contribution in [0.2, 0.25) is 0 Å². The third kappa shape index (κ3) is 4.07. The molecule has 5 N–H and O–H groups in total. The summed E-state index contributed by atoms with van der Waals surface area (Å²) in [5.41, 5.74) is 0. The Balaban J connectivity index is 4.22. The van der Waals surface area contributed by atoms with Gasteiger partial charge in [0.2, 0.25) is 0 Å². The number of halogens is 2. The molecule has 5 unspecified atom stereocenters. The smallest absolute Gasteiger partial charge is 0.155 e. The first kappa shape index (κ1) is 14.7. The number of aliphatic hydroxyl groups is 5. The zero-order valence-corrected chi connectivity index (χ0v) is 10.2. The van der Waals surface area contributed by atoms with Gasteiger partial charge in [0.15, 0.2) is 5.01 Å². The fourth-order valence-electron chi connectivity index (χ4n) is 0.745. The third-order valence-electron chi connectivity index (χ3n) is 1.63. The SMILES string of the molecule is OCC(O)C(O)C(O)C(O)C(Br)OBr. The van der Waals surface area contributed by atoms with Gasteiger partial charge < -0.3 is 25.5 Å². The van der Waals surface area contributed by atoms with Gasteiger partial charge in [-0.3, -0.25) is 3.83 Å². The van der Waals surface area contributed by atoms with Crippen LogP contribution in [0, 0.1) is 0 Å². The Morgan fingerprint density at radius 2 is 1.50 bits per heavy atom. The van der Waals surface area contributed by atoms with E-state index in [0.29, 0.717) is 0 Å². The molecule has 6 nitrogen and oxygen atoms in total. The summed E-state index contributed by atoms with van der Waals surface area (Å²) in [6, 6.07) is 0. The normalized spacial score (nSPS) is 22.5. The summed E-state index contributed by atoms with van der Waals surface area (Å²) in [7, 11) is 0. The molecule has 0 aliphatic rings. The second-order valence-corrected chi connectivity index (χ2v) is 3.94. The minimum absolute atomic E-state index is 0.715. The van der Waals surface area contributed by atoms with Crippen molar-refractivity contribution in [3.05, 3.63) is 0 Å². The van der Waals surface area contributed by atoms with Gasteiger partial charge in [0.05, 0.1) is 6.61 Å². The van der Waals surface area contributed by atoms with Crippen molar-refractivity contribution in [2.24, 2.45) is 0 Å². The van der Waals surface area contributed by atoms with Crippen molar-refractivity contribution in [3.8, 4) is 0 Å². The lowest BCUT2D eigenvalue weighted by Crippen LogP contribution is -2.48. The van der Waals surface area contributed by atoms with Gasteiger partial charge in [-0.25, -0.2) is 0 Å². The van der Waals surface area contributed by atoms with E-state index in [1.807, 2.05) is 0 Å². The number of hydrogen-bond donors (Lipinski definition) is 5. The fraction of sp³-hybridized carbons (Fsp3) is 1.00. The maximum atomic E-state index is 9.30. The van der Waals surface area contributed by atoms with E-state index in [0.717, 1.165) is 0 Å². The van der Waals surface area contributed by atoms with Gasteiger partial charge in [-0.2, -0.15) is 0 Å². The van der Waals surface area contributed by atoms with E-state index in [1.165, 1.54) is 0 Å². The Morgan fingerprint density at radius 1 is 1.00 bits per heavy atom. The van der Waals surface area contributed by atoms with Crippen LogP contribution < -0.4 is 0 Å². The summed E-state index contributed by atoms with van der Waals surface area (Å²) in [5.74, 6) is 0. The molecule has 0 saturated carbocycles. The lowest BCUT2D eigenvalue weighted by molar-refractivity contribution is -0.123. The number of rotatable bonds is 6. The highest BCUT2D eigenvalue weighted by molar-refractivity contribution is 9.10. The van der Waals surface area contributed by atoms with Crippen LogP contribution >= 0.6 is 32.2 Å². The fourth-order valence-corrected chi connectivity index (χ4v) is 1.28. The summed E-state index contributed by atoms with van der Waals surface area (Å²) in [6.45, 7) is -0.715. The quantitative estimate of drug-likeness (QED) is 0.376. The minimum Gasteiger partial charge on any atom is -0.394 e. The monoisotopic (exact) mass is 338 g/mol. The molecule has 0 fully saturated rings. The predicted octanol–water partition coefficient (Wildman–Crippen LogP) is -1.53. The highest BCUT2D eigenvalue weighted by Gasteiger charge is 2.34. The average Bonchev–Trinajstić information content (AvgIpc) is 2.23. The second-order valence-electron chi connectivity index (χ2n) is 2.66. The van der Waals surface area contributed by atoms with Crippen molar-refractivity contribution in [3.63, 3.8) is 0 Å². The molecule has 0 saturated heterocycles. The molecule has 0 aromatic rings. The zero-order valence-electron chi connectivity index (χ0n) is 6.99. The first-order chi connectivity index (χ1) is 6.45. The van der Waals surface area contributed by atoms with Gasteiger partial charge >= 0.3 is 0 Å². The van der Waals surface area contributed by atoms with E-state index in [1.54, 1.807) is 0 Å². The highest BCUT2D eigenvalue weighted by atomic mass is 79.9. The first-order valence-electron chi connectivity index (χ1n) is 3.70. The van der Waals surface area contributed by atoms with Crippen LogP contribution in [0.1, 0.15) is 0 Å². The molecule has 0 aromatic carbocycles.